The van der Waals surface area contributed by atoms with Gasteiger partial charge in [-0.15, -0.1) is 0 Å². The Balaban J connectivity index is 3.40. The molecule has 0 aliphatic rings. The van der Waals surface area contributed by atoms with Gasteiger partial charge in [0.1, 0.15) is 6.07 Å². The first-order valence-electron chi connectivity index (χ1n) is 3.15. The van der Waals surface area contributed by atoms with Crippen LogP contribution in [0.5, 0.6) is 0 Å². The van der Waals surface area contributed by atoms with E-state index in [0.29, 0.717) is 0 Å². The van der Waals surface area contributed by atoms with Crippen LogP contribution in [0.15, 0.2) is 18.2 Å². The van der Waals surface area contributed by atoms with Gasteiger partial charge in [-0.2, -0.15) is 5.26 Å². The van der Waals surface area contributed by atoms with Crippen molar-refractivity contribution in [3.63, 3.8) is 0 Å². The van der Waals surface area contributed by atoms with Crippen LogP contribution in [0, 0.1) is 11.3 Å². The van der Waals surface area contributed by atoms with Crippen LogP contribution in [-0.4, -0.2) is 5.91 Å². The zero-order valence-corrected chi connectivity index (χ0v) is 6.80. The monoisotopic (exact) mass is 180 g/mol. The van der Waals surface area contributed by atoms with Crippen molar-refractivity contribution < 1.29 is 4.79 Å². The van der Waals surface area contributed by atoms with Crippen LogP contribution < -0.4 is 5.73 Å². The molecule has 0 radical (unpaired) electrons. The Hall–Kier alpha value is -1.53. The number of hydrogen-bond acceptors (Lipinski definition) is 2. The lowest BCUT2D eigenvalue weighted by Gasteiger charge is -1.99. The molecule has 0 spiro atoms. The number of halogens is 1. The molecule has 3 nitrogen and oxygen atoms in total. The molecule has 4 heteroatoms. The summed E-state index contributed by atoms with van der Waals surface area (Å²) in [7, 11) is 0. The molecule has 0 atom stereocenters. The molecule has 0 fully saturated rings. The summed E-state index contributed by atoms with van der Waals surface area (Å²) < 4.78 is 0. The Morgan fingerprint density at radius 3 is 2.67 bits per heavy atom. The lowest BCUT2D eigenvalue weighted by atomic mass is 10.1. The molecule has 0 bridgehead atoms. The van der Waals surface area contributed by atoms with Crippen LogP contribution >= 0.6 is 11.6 Å². The summed E-state index contributed by atoms with van der Waals surface area (Å²) in [6.45, 7) is 0. The summed E-state index contributed by atoms with van der Waals surface area (Å²) in [4.78, 5) is 10.7. The lowest BCUT2D eigenvalue weighted by Crippen LogP contribution is -2.12. The smallest absolute Gasteiger partial charge is 0.250 e. The summed E-state index contributed by atoms with van der Waals surface area (Å²) in [5.74, 6) is -0.644. The molecule has 60 valence electrons. The van der Waals surface area contributed by atoms with E-state index in [1.165, 1.54) is 12.1 Å². The zero-order valence-electron chi connectivity index (χ0n) is 6.04. The number of nitrogens with two attached hydrogens (primary N) is 1. The number of hydrogen-bond donors (Lipinski definition) is 1. The molecule has 0 aliphatic heterocycles. The van der Waals surface area contributed by atoms with Crippen LogP contribution in [0.25, 0.3) is 0 Å². The fourth-order valence-corrected chi connectivity index (χ4v) is 1.06. The molecule has 1 aromatic rings. The molecule has 0 saturated carbocycles. The van der Waals surface area contributed by atoms with Gasteiger partial charge in [0.05, 0.1) is 16.1 Å². The van der Waals surface area contributed by atoms with Crippen molar-refractivity contribution in [3.05, 3.63) is 34.3 Å². The van der Waals surface area contributed by atoms with Crippen molar-refractivity contribution in [1.82, 2.24) is 0 Å². The predicted octanol–water partition coefficient (Wildman–Crippen LogP) is 1.31. The molecule has 1 aromatic carbocycles. The molecule has 12 heavy (non-hydrogen) atoms. The summed E-state index contributed by atoms with van der Waals surface area (Å²) >= 11 is 5.64. The highest BCUT2D eigenvalue weighted by atomic mass is 35.5. The highest BCUT2D eigenvalue weighted by Gasteiger charge is 2.09. The number of nitriles is 1. The van der Waals surface area contributed by atoms with Crippen LogP contribution in [0.1, 0.15) is 15.9 Å². The van der Waals surface area contributed by atoms with Crippen LogP contribution in [-0.2, 0) is 0 Å². The predicted molar refractivity (Wildman–Crippen MR) is 44.7 cm³/mol. The SMILES string of the molecule is N#Cc1c(Cl)cccc1C(N)=O. The Morgan fingerprint density at radius 2 is 2.25 bits per heavy atom. The van der Waals surface area contributed by atoms with Crippen LogP contribution in [0.4, 0.5) is 0 Å². The topological polar surface area (TPSA) is 66.9 Å². The van der Waals surface area contributed by atoms with E-state index in [9.17, 15) is 4.79 Å². The van der Waals surface area contributed by atoms with E-state index in [0.717, 1.165) is 0 Å². The van der Waals surface area contributed by atoms with Crippen molar-refractivity contribution >= 4 is 17.5 Å². The van der Waals surface area contributed by atoms with Crippen molar-refractivity contribution in [2.24, 2.45) is 5.73 Å². The lowest BCUT2D eigenvalue weighted by molar-refractivity contribution is 0.1000. The normalized spacial score (nSPS) is 9.00. The van der Waals surface area contributed by atoms with Gasteiger partial charge in [0.2, 0.25) is 5.91 Å². The minimum absolute atomic E-state index is 0.131. The molecular weight excluding hydrogens is 176 g/mol. The van der Waals surface area contributed by atoms with Gasteiger partial charge in [0, 0.05) is 0 Å². The zero-order chi connectivity index (χ0) is 9.14. The van der Waals surface area contributed by atoms with E-state index in [1.807, 2.05) is 6.07 Å². The highest BCUT2D eigenvalue weighted by Crippen LogP contribution is 2.18. The number of benzene rings is 1. The molecule has 0 aromatic heterocycles. The second-order valence-corrected chi connectivity index (χ2v) is 2.55. The summed E-state index contributed by atoms with van der Waals surface area (Å²) in [6, 6.07) is 6.38. The summed E-state index contributed by atoms with van der Waals surface area (Å²) in [6.07, 6.45) is 0. The van der Waals surface area contributed by atoms with Crippen molar-refractivity contribution in [1.29, 1.82) is 5.26 Å². The summed E-state index contributed by atoms with van der Waals surface area (Å²) in [5.41, 5.74) is 5.30. The third-order valence-corrected chi connectivity index (χ3v) is 1.71. The van der Waals surface area contributed by atoms with Gasteiger partial charge in [-0.1, -0.05) is 17.7 Å². The average Bonchev–Trinajstić information content (AvgIpc) is 2.03. The first-order chi connectivity index (χ1) is 5.66. The third-order valence-electron chi connectivity index (χ3n) is 1.39. The second kappa shape index (κ2) is 3.24. The minimum Gasteiger partial charge on any atom is -0.366 e. The number of rotatable bonds is 1. The van der Waals surface area contributed by atoms with Gasteiger partial charge in [-0.3, -0.25) is 4.79 Å². The van der Waals surface area contributed by atoms with Gasteiger partial charge in [-0.05, 0) is 12.1 Å². The Morgan fingerprint density at radius 1 is 1.58 bits per heavy atom. The van der Waals surface area contributed by atoms with E-state index in [2.05, 4.69) is 0 Å². The van der Waals surface area contributed by atoms with E-state index < -0.39 is 5.91 Å². The molecule has 0 heterocycles. The number of amides is 1. The maximum Gasteiger partial charge on any atom is 0.250 e. The highest BCUT2D eigenvalue weighted by molar-refractivity contribution is 6.32. The van der Waals surface area contributed by atoms with Crippen LogP contribution in [0.2, 0.25) is 5.02 Å². The standard InChI is InChI=1S/C8H5ClN2O/c9-7-3-1-2-5(8(11)12)6(7)4-10/h1-3H,(H2,11,12). The second-order valence-electron chi connectivity index (χ2n) is 2.14. The molecule has 1 rings (SSSR count). The Bertz CT molecular complexity index is 368. The third kappa shape index (κ3) is 1.39. The van der Waals surface area contributed by atoms with Gasteiger partial charge in [0.25, 0.3) is 0 Å². The van der Waals surface area contributed by atoms with Gasteiger partial charge in [0.15, 0.2) is 0 Å². The average molecular weight is 181 g/mol. The fourth-order valence-electron chi connectivity index (χ4n) is 0.843. The minimum atomic E-state index is -0.644. The number of nitrogens with zero attached hydrogens (tertiary/aromatic N) is 1. The molecule has 2 N–H and O–H groups in total. The summed E-state index contributed by atoms with van der Waals surface area (Å²) in [5, 5.41) is 8.85. The number of carbonyl (C=O) groups excluding carboxylic acids is 1. The van der Waals surface area contributed by atoms with E-state index in [-0.39, 0.29) is 16.1 Å². The van der Waals surface area contributed by atoms with Crippen molar-refractivity contribution in [2.75, 3.05) is 0 Å². The Kier molecular flexibility index (Phi) is 2.32. The molecule has 1 amide bonds. The van der Waals surface area contributed by atoms with Gasteiger partial charge in [-0.25, -0.2) is 0 Å². The fraction of sp³-hybridized carbons (Fsp3) is 0. The van der Waals surface area contributed by atoms with E-state index in [1.54, 1.807) is 6.07 Å². The largest absolute Gasteiger partial charge is 0.366 e. The van der Waals surface area contributed by atoms with Crippen LogP contribution in [0.3, 0.4) is 0 Å². The van der Waals surface area contributed by atoms with Gasteiger partial charge < -0.3 is 5.73 Å². The van der Waals surface area contributed by atoms with E-state index >= 15 is 0 Å². The first kappa shape index (κ1) is 8.57. The molecule has 0 saturated heterocycles. The number of primary amides is 1. The first-order valence-corrected chi connectivity index (χ1v) is 3.53. The number of carbonyl (C=O) groups is 1. The maximum absolute atomic E-state index is 10.7. The maximum atomic E-state index is 10.7. The van der Waals surface area contributed by atoms with E-state index in [4.69, 9.17) is 22.6 Å². The van der Waals surface area contributed by atoms with Gasteiger partial charge >= 0.3 is 0 Å². The molecule has 0 unspecified atom stereocenters. The van der Waals surface area contributed by atoms with Crippen molar-refractivity contribution in [2.45, 2.75) is 0 Å². The van der Waals surface area contributed by atoms with Crippen molar-refractivity contribution in [3.8, 4) is 6.07 Å². The quantitative estimate of drug-likeness (QED) is 0.708. The molecule has 0 aliphatic carbocycles. The molecular formula is C8H5ClN2O. The Labute approximate surface area is 74.4 Å².